The lowest BCUT2D eigenvalue weighted by Crippen LogP contribution is -2.56. The maximum atomic E-state index is 11.0. The van der Waals surface area contributed by atoms with Crippen LogP contribution in [0.3, 0.4) is 0 Å². The molecule has 1 saturated heterocycles. The Balaban J connectivity index is 1.55. The maximum Gasteiger partial charge on any atom is 0.247 e. The van der Waals surface area contributed by atoms with Crippen molar-refractivity contribution in [3.8, 4) is 0 Å². The molecule has 1 N–H and O–H groups in total. The first-order valence-corrected chi connectivity index (χ1v) is 6.66. The van der Waals surface area contributed by atoms with Crippen molar-refractivity contribution in [3.63, 3.8) is 0 Å². The summed E-state index contributed by atoms with van der Waals surface area (Å²) in [6.07, 6.45) is 8.97. The molecule has 2 aliphatic rings. The third-order valence-electron chi connectivity index (χ3n) is 4.29. The van der Waals surface area contributed by atoms with E-state index < -0.39 is 0 Å². The molecule has 1 aliphatic carbocycles. The Morgan fingerprint density at radius 1 is 1.18 bits per heavy atom. The Labute approximate surface area is 102 Å². The normalized spacial score (nSPS) is 23.5. The van der Waals surface area contributed by atoms with E-state index in [2.05, 4.69) is 9.88 Å². The van der Waals surface area contributed by atoms with Crippen molar-refractivity contribution < 1.29 is 0 Å². The first-order valence-electron chi connectivity index (χ1n) is 6.66. The van der Waals surface area contributed by atoms with Gasteiger partial charge in [0.05, 0.1) is 0 Å². The van der Waals surface area contributed by atoms with Gasteiger partial charge in [-0.3, -0.25) is 9.69 Å². The summed E-state index contributed by atoms with van der Waals surface area (Å²) in [7, 11) is 0. The van der Waals surface area contributed by atoms with Crippen molar-refractivity contribution in [2.75, 3.05) is 13.1 Å². The maximum absolute atomic E-state index is 11.0. The number of pyridine rings is 1. The van der Waals surface area contributed by atoms with Gasteiger partial charge in [-0.15, -0.1) is 0 Å². The second-order valence-electron chi connectivity index (χ2n) is 5.77. The number of likely N-dealkylation sites (tertiary alicyclic amines) is 1. The van der Waals surface area contributed by atoms with Crippen LogP contribution < -0.4 is 5.56 Å². The average molecular weight is 232 g/mol. The summed E-state index contributed by atoms with van der Waals surface area (Å²) < 4.78 is 0. The molecule has 3 nitrogen and oxygen atoms in total. The van der Waals surface area contributed by atoms with Crippen molar-refractivity contribution in [1.29, 1.82) is 0 Å². The fourth-order valence-corrected chi connectivity index (χ4v) is 3.43. The lowest BCUT2D eigenvalue weighted by atomic mass is 9.68. The molecule has 92 valence electrons. The summed E-state index contributed by atoms with van der Waals surface area (Å²) in [6, 6.07) is 3.55. The van der Waals surface area contributed by atoms with Crippen molar-refractivity contribution >= 4 is 0 Å². The molecule has 0 unspecified atom stereocenters. The Morgan fingerprint density at radius 2 is 1.94 bits per heavy atom. The smallest absolute Gasteiger partial charge is 0.247 e. The Hall–Kier alpha value is -1.09. The third kappa shape index (κ3) is 2.29. The second-order valence-corrected chi connectivity index (χ2v) is 5.77. The third-order valence-corrected chi connectivity index (χ3v) is 4.29. The van der Waals surface area contributed by atoms with E-state index in [9.17, 15) is 4.79 Å². The Morgan fingerprint density at radius 3 is 2.59 bits per heavy atom. The summed E-state index contributed by atoms with van der Waals surface area (Å²) in [6.45, 7) is 3.50. The first kappa shape index (κ1) is 11.0. The van der Waals surface area contributed by atoms with Gasteiger partial charge >= 0.3 is 0 Å². The van der Waals surface area contributed by atoms with Crippen molar-refractivity contribution in [2.45, 2.75) is 38.6 Å². The Kier molecular flexibility index (Phi) is 2.79. The van der Waals surface area contributed by atoms with Gasteiger partial charge < -0.3 is 4.98 Å². The molecule has 2 fully saturated rings. The Bertz CT molecular complexity index is 417. The summed E-state index contributed by atoms with van der Waals surface area (Å²) in [5.74, 6) is 0. The van der Waals surface area contributed by atoms with Crippen LogP contribution in [0, 0.1) is 5.41 Å². The number of aromatic nitrogens is 1. The lowest BCUT2D eigenvalue weighted by Gasteiger charge is -2.52. The van der Waals surface area contributed by atoms with Crippen LogP contribution in [0.25, 0.3) is 0 Å². The molecular weight excluding hydrogens is 212 g/mol. The molecule has 1 spiro atoms. The second kappa shape index (κ2) is 4.30. The van der Waals surface area contributed by atoms with E-state index in [-0.39, 0.29) is 5.56 Å². The number of aromatic amines is 1. The van der Waals surface area contributed by atoms with Crippen molar-refractivity contribution in [2.24, 2.45) is 5.41 Å². The molecule has 0 radical (unpaired) electrons. The number of nitrogens with one attached hydrogen (secondary N) is 1. The summed E-state index contributed by atoms with van der Waals surface area (Å²) in [5, 5.41) is 0. The van der Waals surface area contributed by atoms with Gasteiger partial charge in [-0.05, 0) is 23.8 Å². The first-order chi connectivity index (χ1) is 8.26. The molecule has 1 saturated carbocycles. The van der Waals surface area contributed by atoms with Crippen molar-refractivity contribution in [3.05, 3.63) is 34.2 Å². The van der Waals surface area contributed by atoms with Gasteiger partial charge in [0.2, 0.25) is 5.56 Å². The number of rotatable bonds is 2. The van der Waals surface area contributed by atoms with E-state index in [1.165, 1.54) is 50.8 Å². The van der Waals surface area contributed by atoms with Gasteiger partial charge in [-0.1, -0.05) is 25.3 Å². The molecule has 1 aliphatic heterocycles. The zero-order valence-electron chi connectivity index (χ0n) is 10.2. The highest BCUT2D eigenvalue weighted by molar-refractivity contribution is 5.10. The van der Waals surface area contributed by atoms with Gasteiger partial charge in [0, 0.05) is 31.9 Å². The van der Waals surface area contributed by atoms with Crippen LogP contribution in [0.5, 0.6) is 0 Å². The van der Waals surface area contributed by atoms with Crippen LogP contribution in [-0.4, -0.2) is 23.0 Å². The van der Waals surface area contributed by atoms with E-state index in [0.717, 1.165) is 6.54 Å². The minimum atomic E-state index is -0.0129. The zero-order chi connectivity index (χ0) is 11.7. The minimum absolute atomic E-state index is 0.0129. The summed E-state index contributed by atoms with van der Waals surface area (Å²) >= 11 is 0. The van der Waals surface area contributed by atoms with E-state index in [1.54, 1.807) is 6.07 Å². The van der Waals surface area contributed by atoms with E-state index in [1.807, 2.05) is 12.3 Å². The predicted molar refractivity (Wildman–Crippen MR) is 67.9 cm³/mol. The van der Waals surface area contributed by atoms with Crippen LogP contribution in [0.15, 0.2) is 23.1 Å². The SMILES string of the molecule is O=c1ccc(CN2CC3(CCCCC3)C2)c[nH]1. The quantitative estimate of drug-likeness (QED) is 0.848. The number of hydrogen-bond acceptors (Lipinski definition) is 2. The molecule has 17 heavy (non-hydrogen) atoms. The molecule has 1 aromatic heterocycles. The van der Waals surface area contributed by atoms with Crippen molar-refractivity contribution in [1.82, 2.24) is 9.88 Å². The van der Waals surface area contributed by atoms with E-state index in [0.29, 0.717) is 5.41 Å². The molecule has 0 aromatic carbocycles. The standard InChI is InChI=1S/C14H20N2O/c17-13-5-4-12(8-15-13)9-16-10-14(11-16)6-2-1-3-7-14/h4-5,8H,1-3,6-7,9-11H2,(H,15,17). The zero-order valence-corrected chi connectivity index (χ0v) is 10.2. The van der Waals surface area contributed by atoms with Gasteiger partial charge in [0.25, 0.3) is 0 Å². The monoisotopic (exact) mass is 232 g/mol. The van der Waals surface area contributed by atoms with Crippen LogP contribution in [0.2, 0.25) is 0 Å². The molecule has 2 heterocycles. The largest absolute Gasteiger partial charge is 0.329 e. The number of H-pyrrole nitrogens is 1. The van der Waals surface area contributed by atoms with Gasteiger partial charge in [-0.25, -0.2) is 0 Å². The van der Waals surface area contributed by atoms with Crippen LogP contribution in [0.4, 0.5) is 0 Å². The van der Waals surface area contributed by atoms with E-state index in [4.69, 9.17) is 0 Å². The van der Waals surface area contributed by atoms with E-state index >= 15 is 0 Å². The summed E-state index contributed by atoms with van der Waals surface area (Å²) in [5.41, 5.74) is 1.86. The molecule has 0 atom stereocenters. The van der Waals surface area contributed by atoms with Crippen LogP contribution in [-0.2, 0) is 6.54 Å². The van der Waals surface area contributed by atoms with Crippen LogP contribution >= 0.6 is 0 Å². The topological polar surface area (TPSA) is 36.1 Å². The fraction of sp³-hybridized carbons (Fsp3) is 0.643. The number of hydrogen-bond donors (Lipinski definition) is 1. The molecule has 3 heteroatoms. The molecule has 1 aromatic rings. The highest BCUT2D eigenvalue weighted by Crippen LogP contribution is 2.44. The van der Waals surface area contributed by atoms with Gasteiger partial charge in [0.1, 0.15) is 0 Å². The number of nitrogens with zero attached hydrogens (tertiary/aromatic N) is 1. The van der Waals surface area contributed by atoms with Gasteiger partial charge in [0.15, 0.2) is 0 Å². The predicted octanol–water partition coefficient (Wildman–Crippen LogP) is 2.14. The highest BCUT2D eigenvalue weighted by atomic mass is 16.1. The molecular formula is C14H20N2O. The lowest BCUT2D eigenvalue weighted by molar-refractivity contribution is -0.0333. The minimum Gasteiger partial charge on any atom is -0.329 e. The molecule has 0 amide bonds. The fourth-order valence-electron chi connectivity index (χ4n) is 3.43. The molecule has 0 bridgehead atoms. The molecule has 3 rings (SSSR count). The van der Waals surface area contributed by atoms with Crippen LogP contribution in [0.1, 0.15) is 37.7 Å². The highest BCUT2D eigenvalue weighted by Gasteiger charge is 2.42. The average Bonchev–Trinajstić information content (AvgIpc) is 2.31. The summed E-state index contributed by atoms with van der Waals surface area (Å²) in [4.78, 5) is 16.2. The van der Waals surface area contributed by atoms with Gasteiger partial charge in [-0.2, -0.15) is 0 Å².